The molecular weight excluding hydrogens is 1250 g/mol. The molecule has 556 valence electrons. The molecule has 0 aliphatic heterocycles. The number of esters is 4. The molecule has 0 saturated heterocycles. The van der Waals surface area contributed by atoms with Crippen LogP contribution in [0.2, 0.25) is 0 Å². The summed E-state index contributed by atoms with van der Waals surface area (Å²) in [4.78, 5) is 72.7. The van der Waals surface area contributed by atoms with Crippen LogP contribution in [0.5, 0.6) is 0 Å². The van der Waals surface area contributed by atoms with E-state index in [1.807, 2.05) is 0 Å². The number of rotatable bonds is 71. The Hall–Kier alpha value is -2.98. The molecular formula is C76H140O17P2. The first-order valence-corrected chi connectivity index (χ1v) is 41.1. The summed E-state index contributed by atoms with van der Waals surface area (Å²) < 4.78 is 68.4. The highest BCUT2D eigenvalue weighted by atomic mass is 31.2. The highest BCUT2D eigenvalue weighted by Crippen LogP contribution is 2.45. The van der Waals surface area contributed by atoms with Crippen LogP contribution in [0.25, 0.3) is 0 Å². The van der Waals surface area contributed by atoms with Gasteiger partial charge in [0, 0.05) is 25.7 Å². The van der Waals surface area contributed by atoms with Crippen LogP contribution in [0.15, 0.2) is 48.6 Å². The van der Waals surface area contributed by atoms with Crippen molar-refractivity contribution in [2.45, 2.75) is 362 Å². The number of unbranched alkanes of at least 4 members (excludes halogenated alkanes) is 35. The first-order valence-electron chi connectivity index (χ1n) is 38.1. The summed E-state index contributed by atoms with van der Waals surface area (Å²) in [5, 5.41) is 10.6. The minimum absolute atomic E-state index is 0.0779. The number of allylic oxidation sites excluding steroid dienone is 8. The van der Waals surface area contributed by atoms with Crippen molar-refractivity contribution >= 4 is 39.5 Å². The van der Waals surface area contributed by atoms with Crippen molar-refractivity contribution in [3.05, 3.63) is 48.6 Å². The van der Waals surface area contributed by atoms with Crippen molar-refractivity contribution in [2.75, 3.05) is 39.6 Å². The normalized spacial score (nSPS) is 14.3. The summed E-state index contributed by atoms with van der Waals surface area (Å²) >= 11 is 0. The van der Waals surface area contributed by atoms with Gasteiger partial charge >= 0.3 is 39.5 Å². The fourth-order valence-corrected chi connectivity index (χ4v) is 12.2. The van der Waals surface area contributed by atoms with Gasteiger partial charge < -0.3 is 33.8 Å². The van der Waals surface area contributed by atoms with Gasteiger partial charge in [-0.25, -0.2) is 9.13 Å². The molecule has 0 aromatic carbocycles. The summed E-state index contributed by atoms with van der Waals surface area (Å²) in [5.74, 6) is -0.720. The Morgan fingerprint density at radius 3 is 0.853 bits per heavy atom. The lowest BCUT2D eigenvalue weighted by Gasteiger charge is -2.21. The Kier molecular flexibility index (Phi) is 64.8. The summed E-state index contributed by atoms with van der Waals surface area (Å²) in [5.41, 5.74) is 0. The second-order valence-electron chi connectivity index (χ2n) is 27.0. The van der Waals surface area contributed by atoms with E-state index in [9.17, 15) is 43.2 Å². The molecule has 19 heteroatoms. The average Bonchev–Trinajstić information content (AvgIpc) is 1.41. The number of phosphoric ester groups is 2. The lowest BCUT2D eigenvalue weighted by atomic mass is 10.0. The average molecular weight is 1390 g/mol. The molecule has 0 aromatic heterocycles. The van der Waals surface area contributed by atoms with Gasteiger partial charge in [-0.3, -0.25) is 37.3 Å². The van der Waals surface area contributed by atoms with Gasteiger partial charge in [-0.05, 0) is 88.9 Å². The van der Waals surface area contributed by atoms with E-state index in [0.717, 1.165) is 134 Å². The predicted molar refractivity (Wildman–Crippen MR) is 386 cm³/mol. The maximum Gasteiger partial charge on any atom is 0.472 e. The molecule has 0 radical (unpaired) electrons. The standard InChI is InChI=1S/C76H140O17P2/c1-7-9-11-13-15-17-19-21-23-27-31-35-39-46-52-58-73(78)86-64-71(92-75(80)60-54-48-40-36-32-28-24-22-20-18-16-14-12-10-8-2)66-90-94(82,83)88-62-70(77)63-89-95(84,85)91-67-72(65-87-74(79)59-53-47-43-42-45-51-57-69(5)6)93-76(81)61-55-49-41-37-33-29-25-26-30-34-38-44-50-56-68(3)4/h17-24,68-72,77H,7-16,25-67H2,1-6H3,(H,82,83)(H,84,85)/b19-17-,20-18-,23-21-,24-22-/t70-,71-,72-/m1/s1. The van der Waals surface area contributed by atoms with Crippen molar-refractivity contribution in [1.29, 1.82) is 0 Å². The summed E-state index contributed by atoms with van der Waals surface area (Å²) in [7, 11) is -9.93. The Bertz CT molecular complexity index is 2030. The van der Waals surface area contributed by atoms with Crippen LogP contribution in [-0.2, 0) is 65.4 Å². The molecule has 0 aliphatic carbocycles. The van der Waals surface area contributed by atoms with E-state index < -0.39 is 97.5 Å². The van der Waals surface area contributed by atoms with E-state index >= 15 is 0 Å². The number of phosphoric acid groups is 2. The first-order chi connectivity index (χ1) is 45.9. The van der Waals surface area contributed by atoms with Crippen LogP contribution >= 0.6 is 15.6 Å². The number of hydrogen-bond donors (Lipinski definition) is 3. The van der Waals surface area contributed by atoms with Gasteiger partial charge in [-0.2, -0.15) is 0 Å². The van der Waals surface area contributed by atoms with Gasteiger partial charge in [0.2, 0.25) is 0 Å². The Labute approximate surface area is 578 Å². The van der Waals surface area contributed by atoms with Crippen LogP contribution in [0.1, 0.15) is 343 Å². The van der Waals surface area contributed by atoms with E-state index in [4.69, 9.17) is 37.0 Å². The van der Waals surface area contributed by atoms with Crippen LogP contribution < -0.4 is 0 Å². The van der Waals surface area contributed by atoms with Gasteiger partial charge in [0.05, 0.1) is 26.4 Å². The van der Waals surface area contributed by atoms with Crippen LogP contribution in [0, 0.1) is 11.8 Å². The fraction of sp³-hybridized carbons (Fsp3) is 0.842. The Morgan fingerprint density at radius 1 is 0.326 bits per heavy atom. The number of aliphatic hydroxyl groups excluding tert-OH is 1. The van der Waals surface area contributed by atoms with E-state index in [1.165, 1.54) is 122 Å². The molecule has 0 heterocycles. The van der Waals surface area contributed by atoms with Gasteiger partial charge in [0.15, 0.2) is 12.2 Å². The molecule has 17 nitrogen and oxygen atoms in total. The molecule has 0 aliphatic rings. The Morgan fingerprint density at radius 2 is 0.568 bits per heavy atom. The monoisotopic (exact) mass is 1390 g/mol. The van der Waals surface area contributed by atoms with Crippen molar-refractivity contribution in [3.8, 4) is 0 Å². The van der Waals surface area contributed by atoms with E-state index in [1.54, 1.807) is 0 Å². The van der Waals surface area contributed by atoms with Crippen LogP contribution in [0.3, 0.4) is 0 Å². The second-order valence-corrected chi connectivity index (χ2v) is 29.9. The molecule has 0 rings (SSSR count). The highest BCUT2D eigenvalue weighted by Gasteiger charge is 2.30. The molecule has 0 amide bonds. The molecule has 3 N–H and O–H groups in total. The number of carbonyl (C=O) groups excluding carboxylic acids is 4. The molecule has 95 heavy (non-hydrogen) atoms. The molecule has 5 atom stereocenters. The third-order valence-corrected chi connectivity index (χ3v) is 18.4. The van der Waals surface area contributed by atoms with E-state index in [0.29, 0.717) is 31.6 Å². The molecule has 0 fully saturated rings. The van der Waals surface area contributed by atoms with E-state index in [-0.39, 0.29) is 25.7 Å². The minimum atomic E-state index is -4.97. The van der Waals surface area contributed by atoms with Crippen molar-refractivity contribution in [2.24, 2.45) is 11.8 Å². The van der Waals surface area contributed by atoms with Gasteiger partial charge in [0.1, 0.15) is 19.3 Å². The number of aliphatic hydroxyl groups is 1. The third-order valence-electron chi connectivity index (χ3n) is 16.5. The molecule has 0 spiro atoms. The van der Waals surface area contributed by atoms with Crippen molar-refractivity contribution in [3.63, 3.8) is 0 Å². The third kappa shape index (κ3) is 69.3. The maximum atomic E-state index is 13.1. The SMILES string of the molecule is CCCCCC/C=C\C=C/CCCCCCCC(=O)OC[C@H](COP(=O)(O)OC[C@@H](O)COP(=O)(O)OC[C@@H](COC(=O)CCCCCCCCC(C)C)OC(=O)CCCCCCCCCCCCCCCC(C)C)OC(=O)CCCCCCC/C=C\C=C/CCCCCC. The zero-order valence-electron chi connectivity index (χ0n) is 60.9. The number of ether oxygens (including phenoxy) is 4. The predicted octanol–water partition coefficient (Wildman–Crippen LogP) is 21.4. The lowest BCUT2D eigenvalue weighted by Crippen LogP contribution is -2.30. The highest BCUT2D eigenvalue weighted by molar-refractivity contribution is 7.47. The topological polar surface area (TPSA) is 237 Å². The molecule has 2 unspecified atom stereocenters. The van der Waals surface area contributed by atoms with Crippen molar-refractivity contribution in [1.82, 2.24) is 0 Å². The number of hydrogen-bond acceptors (Lipinski definition) is 15. The fourth-order valence-electron chi connectivity index (χ4n) is 10.6. The van der Waals surface area contributed by atoms with Crippen LogP contribution in [-0.4, -0.2) is 96.7 Å². The Balaban J connectivity index is 5.31. The lowest BCUT2D eigenvalue weighted by molar-refractivity contribution is -0.161. The quantitative estimate of drug-likeness (QED) is 0.0169. The second kappa shape index (κ2) is 66.9. The summed E-state index contributed by atoms with van der Waals surface area (Å²) in [6.07, 6.45) is 60.0. The smallest absolute Gasteiger partial charge is 0.462 e. The molecule has 0 saturated carbocycles. The van der Waals surface area contributed by atoms with Gasteiger partial charge in [0.25, 0.3) is 0 Å². The zero-order valence-corrected chi connectivity index (χ0v) is 62.7. The molecule has 0 bridgehead atoms. The van der Waals surface area contributed by atoms with Gasteiger partial charge in [-0.15, -0.1) is 0 Å². The summed E-state index contributed by atoms with van der Waals surface area (Å²) in [6.45, 7) is 9.39. The minimum Gasteiger partial charge on any atom is -0.462 e. The van der Waals surface area contributed by atoms with Gasteiger partial charge in [-0.1, -0.05) is 289 Å². The van der Waals surface area contributed by atoms with Crippen molar-refractivity contribution < 1.29 is 80.2 Å². The van der Waals surface area contributed by atoms with Crippen LogP contribution in [0.4, 0.5) is 0 Å². The zero-order chi connectivity index (χ0) is 70.0. The largest absolute Gasteiger partial charge is 0.472 e. The summed E-state index contributed by atoms with van der Waals surface area (Å²) in [6, 6.07) is 0. The van der Waals surface area contributed by atoms with E-state index in [2.05, 4.69) is 90.2 Å². The first kappa shape index (κ1) is 92.0. The molecule has 0 aromatic rings. The maximum absolute atomic E-state index is 13.1. The number of carbonyl (C=O) groups is 4.